The lowest BCUT2D eigenvalue weighted by Crippen LogP contribution is -2.35. The molecule has 746 valence electrons. The zero-order chi connectivity index (χ0) is 105. The molecule has 31 nitrogen and oxygen atoms in total. The number of nitro groups is 1. The number of nitrogens with zero attached hydrogens (tertiary/aromatic N) is 7. The number of ether oxygens (including phenoxy) is 2. The number of esters is 1. The van der Waals surface area contributed by atoms with Crippen molar-refractivity contribution < 1.29 is 89.5 Å². The number of hydrazine groups is 4. The Morgan fingerprint density at radius 1 is 0.544 bits per heavy atom. The molecular weight excluding hydrogens is 2500 g/mol. The van der Waals surface area contributed by atoms with E-state index in [1.165, 1.54) is 56.1 Å². The number of aromatic amines is 1. The van der Waals surface area contributed by atoms with Crippen LogP contribution in [0.3, 0.4) is 0 Å². The van der Waals surface area contributed by atoms with Crippen LogP contribution in [0.1, 0.15) is 78.9 Å². The quantitative estimate of drug-likeness (QED) is 0.00432. The molecule has 0 bridgehead atoms. The predicted molar refractivity (Wildman–Crippen MR) is 595 cm³/mol. The van der Waals surface area contributed by atoms with Crippen LogP contribution >= 0.6 is 136 Å². The third-order valence-corrected chi connectivity index (χ3v) is 28.1. The Kier molecular flexibility index (Phi) is 34.7. The number of aromatic hydroxyl groups is 1. The fourth-order valence-electron chi connectivity index (χ4n) is 15.3. The summed E-state index contributed by atoms with van der Waals surface area (Å²) in [5.41, 5.74) is 16.2. The number of fused-ring (bicyclic) bond motifs is 1. The Hall–Kier alpha value is -14.5. The minimum absolute atomic E-state index is 0.0159. The second-order valence-electron chi connectivity index (χ2n) is 32.3. The number of para-hydroxylation sites is 1. The third kappa shape index (κ3) is 25.4. The standard InChI is InChI=1S/C24H15IN2O2S.C21H11F3IN3O5.C21H22IN3O3.C20H20IN3O3.C20H13IN2O5S/c25-18-7-9-19(10-8-18)27-24(29)21(23(28)26-27)14-20-11-12-22(30-20)17-6-5-15-3-1-2-4-16(15)13-17;22-21(23,24)11-1-7-15(17(9-11)28(31)32)18-8-6-14(33-18)10-16-19(29)26-27(20(16)30)13-4-2-12(25)3-5-13;1-24(2)12-3-13-28-18-10-4-15(5-11-18)14-19-20(26)23-25(21(19)27)17-8-6-16(22)7-9-17;1-3-23(4-2)16-8-6-5-7-15(16)18(25)17-19(26)22-24(20(17)27)14-11-9-13(21)10-12-14;1-27-20(26)17-12(8-9-29-17)13-6-7-14(28-13)15(10-2-4-11(21)5-3-10)16-18(24)22-23-19(16)25/h1-14H,(H,26,28);1-10H,(H,26,29);4-11,14H,3,12-13H2,1-2H3,(H,23,26);5-12,27H,3-4H2,1-2H3,(H,22,26);2-9H,1H3,(H,22,24)(H,23,25). The fourth-order valence-corrected chi connectivity index (χ4v) is 18.8. The van der Waals surface area contributed by atoms with Crippen molar-refractivity contribution in [1.29, 1.82) is 0 Å². The van der Waals surface area contributed by atoms with Crippen LogP contribution in [0.15, 0.2) is 314 Å². The fraction of sp³-hybridized carbons (Fsp3) is 0.104. The number of methoxy groups -OCH3 is 1. The number of hydrogen-bond donors (Lipinski definition) is 7. The smallest absolute Gasteiger partial charge is 0.416 e. The van der Waals surface area contributed by atoms with E-state index in [0.717, 1.165) is 93.4 Å². The summed E-state index contributed by atoms with van der Waals surface area (Å²) in [7, 11) is 5.38. The molecule has 0 saturated carbocycles. The number of carbonyl (C=O) groups excluding carboxylic acids is 10. The first-order chi connectivity index (χ1) is 70.5. The van der Waals surface area contributed by atoms with E-state index in [4.69, 9.17) is 18.3 Å². The van der Waals surface area contributed by atoms with Gasteiger partial charge >= 0.3 is 12.1 Å². The summed E-state index contributed by atoms with van der Waals surface area (Å²) < 4.78 is 67.1. The number of furan rings is 2. The maximum Gasteiger partial charge on any atom is 0.416 e. The van der Waals surface area contributed by atoms with Gasteiger partial charge in [0.1, 0.15) is 56.0 Å². The molecule has 7 N–H and O–H groups in total. The summed E-state index contributed by atoms with van der Waals surface area (Å²) >= 11 is 13.6. The van der Waals surface area contributed by atoms with Crippen molar-refractivity contribution in [2.75, 3.05) is 67.4 Å². The summed E-state index contributed by atoms with van der Waals surface area (Å²) in [4.78, 5) is 154. The first-order valence-electron chi connectivity index (χ1n) is 44.4. The van der Waals surface area contributed by atoms with E-state index < -0.39 is 69.2 Å². The van der Waals surface area contributed by atoms with Crippen LogP contribution in [0.5, 0.6) is 11.6 Å². The number of anilines is 4. The van der Waals surface area contributed by atoms with E-state index >= 15 is 0 Å². The number of benzene rings is 10. The van der Waals surface area contributed by atoms with Crippen LogP contribution in [-0.4, -0.2) is 131 Å². The summed E-state index contributed by atoms with van der Waals surface area (Å²) in [6.45, 7) is 7.08. The second-order valence-corrected chi connectivity index (χ2v) is 40.6. The molecule has 9 heterocycles. The van der Waals surface area contributed by atoms with Gasteiger partial charge in [-0.2, -0.15) is 13.2 Å². The van der Waals surface area contributed by atoms with Crippen molar-refractivity contribution in [2.24, 2.45) is 0 Å². The number of H-pyrrole nitrogens is 1. The van der Waals surface area contributed by atoms with Crippen LogP contribution < -0.4 is 57.4 Å². The molecule has 5 aromatic heterocycles. The number of thiophene rings is 2. The van der Waals surface area contributed by atoms with Gasteiger partial charge in [0.25, 0.3) is 58.5 Å². The maximum absolute atomic E-state index is 13.1. The number of alkyl halides is 3. The van der Waals surface area contributed by atoms with Gasteiger partial charge < -0.3 is 33.2 Å². The van der Waals surface area contributed by atoms with Gasteiger partial charge in [0.15, 0.2) is 5.56 Å². The number of ketones is 1. The van der Waals surface area contributed by atoms with Gasteiger partial charge in [-0.3, -0.25) is 90.3 Å². The van der Waals surface area contributed by atoms with Gasteiger partial charge in [-0.15, -0.1) is 22.7 Å². The van der Waals surface area contributed by atoms with E-state index in [0.29, 0.717) is 80.2 Å². The van der Waals surface area contributed by atoms with Crippen molar-refractivity contribution in [1.82, 2.24) is 41.8 Å². The number of halogens is 8. The van der Waals surface area contributed by atoms with Gasteiger partial charge in [0.05, 0.1) is 52.5 Å². The van der Waals surface area contributed by atoms with Crippen LogP contribution in [-0.2, 0) is 49.3 Å². The Labute approximate surface area is 912 Å². The Bertz CT molecular complexity index is 7790. The van der Waals surface area contributed by atoms with E-state index in [1.807, 2.05) is 166 Å². The Balaban J connectivity index is 0.000000138. The lowest BCUT2D eigenvalue weighted by Gasteiger charge is -2.23. The molecule has 0 spiro atoms. The molecule has 0 aliphatic carbocycles. The van der Waals surface area contributed by atoms with Crippen molar-refractivity contribution in [2.45, 2.75) is 26.4 Å². The molecule has 15 aromatic rings. The van der Waals surface area contributed by atoms with E-state index in [2.05, 4.69) is 180 Å². The average molecular weight is 2580 g/mol. The van der Waals surface area contributed by atoms with Crippen LogP contribution in [0.25, 0.3) is 73.3 Å². The Morgan fingerprint density at radius 2 is 1.06 bits per heavy atom. The first kappa shape index (κ1) is 107. The van der Waals surface area contributed by atoms with Crippen molar-refractivity contribution in [3.63, 3.8) is 0 Å². The largest absolute Gasteiger partial charge is 0.494 e. The van der Waals surface area contributed by atoms with Gasteiger partial charge in [0, 0.05) is 75.7 Å². The van der Waals surface area contributed by atoms with Crippen LogP contribution in [0.4, 0.5) is 41.6 Å². The molecule has 0 radical (unpaired) electrons. The minimum Gasteiger partial charge on any atom is -0.494 e. The molecule has 19 rings (SSSR count). The van der Waals surface area contributed by atoms with Gasteiger partial charge in [-0.05, 0) is 393 Å². The topological polar surface area (TPSA) is 393 Å². The summed E-state index contributed by atoms with van der Waals surface area (Å²) in [5, 5.41) is 32.2. The lowest BCUT2D eigenvalue weighted by atomic mass is 9.97. The predicted octanol–water partition coefficient (Wildman–Crippen LogP) is 20.6. The van der Waals surface area contributed by atoms with E-state index in [-0.39, 0.29) is 68.5 Å². The molecule has 41 heteroatoms. The first-order valence-corrected chi connectivity index (χ1v) is 51.5. The van der Waals surface area contributed by atoms with Crippen molar-refractivity contribution >= 4 is 258 Å². The van der Waals surface area contributed by atoms with Gasteiger partial charge in [0.2, 0.25) is 11.7 Å². The highest BCUT2D eigenvalue weighted by Crippen LogP contribution is 2.42. The highest BCUT2D eigenvalue weighted by atomic mass is 127. The molecule has 0 unspecified atom stereocenters. The van der Waals surface area contributed by atoms with Gasteiger partial charge in [-0.25, -0.2) is 24.5 Å². The molecule has 4 fully saturated rings. The number of hydrogen-bond acceptors (Lipinski definition) is 22. The number of amides is 8. The Morgan fingerprint density at radius 3 is 1.61 bits per heavy atom. The molecule has 4 saturated heterocycles. The summed E-state index contributed by atoms with van der Waals surface area (Å²) in [6.07, 6.45) is 0.618. The molecule has 10 aromatic carbocycles. The second kappa shape index (κ2) is 47.8. The van der Waals surface area contributed by atoms with Crippen molar-refractivity contribution in [3.8, 4) is 50.4 Å². The van der Waals surface area contributed by atoms with E-state index in [1.54, 1.807) is 108 Å². The monoisotopic (exact) mass is 2580 g/mol. The SMILES string of the molecule is CCN(CC)c1ccccc1C(=O)c1c(O)n(-c2ccc(I)cc2)[nH]c1=O.CN(C)CCCOc1ccc(C=C2C(=O)NN(c3ccc(I)cc3)C2=O)cc1.COC(=O)c1sccc1-c1ccc(C(=C2C(=O)NNC2=O)c2ccc(I)cc2)o1.O=C1NN(c2ccc(I)cc2)C(=O)C1=Cc1ccc(-c2ccc(C(F)(F)F)cc2[N+](=O)[O-])o1.O=C1NN(c2ccc(I)cc2)C(=O)C1=Cc1ccc(-c2ccc3ccccc3c2)s1. The summed E-state index contributed by atoms with van der Waals surface area (Å²) in [5.74, 6) is -3.79. The number of carbonyl (C=O) groups is 10. The van der Waals surface area contributed by atoms with Crippen molar-refractivity contribution in [3.05, 3.63) is 388 Å². The minimum atomic E-state index is -4.75. The number of nitrogens with one attached hydrogen (secondary N) is 6. The maximum atomic E-state index is 13.1. The summed E-state index contributed by atoms with van der Waals surface area (Å²) in [6, 6.07) is 79.1. The molecular formula is C106H81F3I5N13O18S2. The highest BCUT2D eigenvalue weighted by Gasteiger charge is 2.40. The average Bonchev–Trinajstić information content (AvgIpc) is 1.53. The highest BCUT2D eigenvalue weighted by molar-refractivity contribution is 14.1. The normalized spacial score (nSPS) is 14.1. The molecule has 8 amide bonds. The molecule has 4 aliphatic rings. The van der Waals surface area contributed by atoms with Crippen LogP contribution in [0, 0.1) is 28.0 Å². The number of nitro benzene ring substituents is 1. The van der Waals surface area contributed by atoms with E-state index in [9.17, 15) is 81.1 Å². The lowest BCUT2D eigenvalue weighted by molar-refractivity contribution is -0.384. The zero-order valence-electron chi connectivity index (χ0n) is 77.7. The number of rotatable bonds is 24. The molecule has 147 heavy (non-hydrogen) atoms. The van der Waals surface area contributed by atoms with Gasteiger partial charge in [-0.1, -0.05) is 72.8 Å². The number of aromatic nitrogens is 2. The third-order valence-electron chi connectivity index (χ3n) is 22.5. The molecule has 4 aliphatic heterocycles. The van der Waals surface area contributed by atoms with Crippen LogP contribution in [0.2, 0.25) is 0 Å². The molecule has 0 atom stereocenters. The zero-order valence-corrected chi connectivity index (χ0v) is 90.1.